The van der Waals surface area contributed by atoms with Gasteiger partial charge in [0, 0.05) is 24.9 Å². The first kappa shape index (κ1) is 10.7. The van der Waals surface area contributed by atoms with Crippen molar-refractivity contribution < 1.29 is 14.3 Å². The summed E-state index contributed by atoms with van der Waals surface area (Å²) in [6, 6.07) is 3.78. The number of phenolic OH excluding ortho intramolecular Hbond substituents is 1. The number of nitrogens with zero attached hydrogens (tertiary/aromatic N) is 1. The Morgan fingerprint density at radius 1 is 1.56 bits per heavy atom. The van der Waals surface area contributed by atoms with E-state index in [0.717, 1.165) is 6.07 Å². The van der Waals surface area contributed by atoms with Crippen molar-refractivity contribution in [3.8, 4) is 5.75 Å². The van der Waals surface area contributed by atoms with Crippen LogP contribution in [0.15, 0.2) is 30.9 Å². The van der Waals surface area contributed by atoms with Gasteiger partial charge in [0.2, 0.25) is 5.91 Å². The van der Waals surface area contributed by atoms with Gasteiger partial charge in [-0.15, -0.1) is 6.58 Å². The van der Waals surface area contributed by atoms with Gasteiger partial charge in [-0.25, -0.2) is 4.39 Å². The molecule has 1 N–H and O–H groups in total. The second-order valence-electron chi connectivity index (χ2n) is 3.84. The topological polar surface area (TPSA) is 40.5 Å². The van der Waals surface area contributed by atoms with Crippen LogP contribution in [0.2, 0.25) is 0 Å². The van der Waals surface area contributed by atoms with E-state index in [1.165, 1.54) is 17.0 Å². The molecule has 0 radical (unpaired) electrons. The quantitative estimate of drug-likeness (QED) is 0.776. The largest absolute Gasteiger partial charge is 0.508 e. The minimum absolute atomic E-state index is 0.0701. The minimum Gasteiger partial charge on any atom is -0.508 e. The van der Waals surface area contributed by atoms with Crippen LogP contribution in [0.3, 0.4) is 0 Å². The third-order valence-corrected chi connectivity index (χ3v) is 2.71. The van der Waals surface area contributed by atoms with Gasteiger partial charge < -0.3 is 10.0 Å². The van der Waals surface area contributed by atoms with Crippen LogP contribution in [-0.2, 0) is 4.79 Å². The van der Waals surface area contributed by atoms with Gasteiger partial charge in [-0.3, -0.25) is 4.79 Å². The molecule has 1 amide bonds. The third-order valence-electron chi connectivity index (χ3n) is 2.71. The van der Waals surface area contributed by atoms with Gasteiger partial charge in [0.25, 0.3) is 0 Å². The van der Waals surface area contributed by atoms with Crippen LogP contribution in [-0.4, -0.2) is 17.6 Å². The van der Waals surface area contributed by atoms with Gasteiger partial charge in [0.05, 0.1) is 5.69 Å². The second-order valence-corrected chi connectivity index (χ2v) is 3.84. The summed E-state index contributed by atoms with van der Waals surface area (Å²) in [7, 11) is 0. The Hall–Kier alpha value is -1.84. The molecule has 0 bridgehead atoms. The van der Waals surface area contributed by atoms with Crippen molar-refractivity contribution in [2.45, 2.75) is 6.42 Å². The zero-order chi connectivity index (χ0) is 11.7. The summed E-state index contributed by atoms with van der Waals surface area (Å²) >= 11 is 0. The van der Waals surface area contributed by atoms with E-state index in [0.29, 0.717) is 13.0 Å². The zero-order valence-corrected chi connectivity index (χ0v) is 8.69. The molecule has 0 spiro atoms. The molecule has 1 atom stereocenters. The van der Waals surface area contributed by atoms with E-state index >= 15 is 0 Å². The fraction of sp³-hybridized carbons (Fsp3) is 0.250. The molecule has 1 aliphatic rings. The number of aromatic hydroxyl groups is 1. The summed E-state index contributed by atoms with van der Waals surface area (Å²) in [4.78, 5) is 13.0. The van der Waals surface area contributed by atoms with Crippen LogP contribution in [0.25, 0.3) is 0 Å². The molecule has 3 nitrogen and oxygen atoms in total. The zero-order valence-electron chi connectivity index (χ0n) is 8.69. The molecular formula is C12H12FNO2. The van der Waals surface area contributed by atoms with E-state index in [4.69, 9.17) is 5.11 Å². The van der Waals surface area contributed by atoms with Crippen molar-refractivity contribution in [3.05, 3.63) is 36.7 Å². The second kappa shape index (κ2) is 3.96. The van der Waals surface area contributed by atoms with Crippen LogP contribution in [0, 0.1) is 11.7 Å². The van der Waals surface area contributed by atoms with E-state index in [2.05, 4.69) is 6.58 Å². The third kappa shape index (κ3) is 1.78. The molecule has 0 saturated carbocycles. The van der Waals surface area contributed by atoms with E-state index in [-0.39, 0.29) is 23.3 Å². The lowest BCUT2D eigenvalue weighted by Crippen LogP contribution is -2.25. The van der Waals surface area contributed by atoms with Crippen molar-refractivity contribution in [3.63, 3.8) is 0 Å². The summed E-state index contributed by atoms with van der Waals surface area (Å²) in [6.07, 6.45) is 2.07. The highest BCUT2D eigenvalue weighted by molar-refractivity contribution is 5.96. The monoisotopic (exact) mass is 221 g/mol. The number of anilines is 1. The summed E-state index contributed by atoms with van der Waals surface area (Å²) in [5.74, 6) is -0.776. The predicted molar refractivity (Wildman–Crippen MR) is 58.7 cm³/mol. The first-order valence-corrected chi connectivity index (χ1v) is 5.03. The Kier molecular flexibility index (Phi) is 2.64. The van der Waals surface area contributed by atoms with Crippen molar-refractivity contribution in [1.29, 1.82) is 0 Å². The number of carbonyl (C=O) groups is 1. The van der Waals surface area contributed by atoms with E-state index in [1.54, 1.807) is 6.08 Å². The molecule has 1 heterocycles. The molecular weight excluding hydrogens is 209 g/mol. The van der Waals surface area contributed by atoms with Crippen LogP contribution < -0.4 is 4.90 Å². The number of benzene rings is 1. The molecule has 0 aliphatic carbocycles. The molecule has 1 aromatic carbocycles. The molecule has 84 valence electrons. The fourth-order valence-electron chi connectivity index (χ4n) is 1.84. The van der Waals surface area contributed by atoms with Crippen LogP contribution in [0.4, 0.5) is 10.1 Å². The fourth-order valence-corrected chi connectivity index (χ4v) is 1.84. The summed E-state index contributed by atoms with van der Waals surface area (Å²) in [6.45, 7) is 4.08. The van der Waals surface area contributed by atoms with Gasteiger partial charge in [-0.05, 0) is 12.1 Å². The summed E-state index contributed by atoms with van der Waals surface area (Å²) < 4.78 is 13.5. The van der Waals surface area contributed by atoms with Crippen LogP contribution in [0.1, 0.15) is 6.42 Å². The van der Waals surface area contributed by atoms with Crippen molar-refractivity contribution in [1.82, 2.24) is 0 Å². The summed E-state index contributed by atoms with van der Waals surface area (Å²) in [5.41, 5.74) is 0.215. The van der Waals surface area contributed by atoms with Gasteiger partial charge in [-0.2, -0.15) is 0 Å². The van der Waals surface area contributed by atoms with Gasteiger partial charge >= 0.3 is 0 Å². The molecule has 0 aromatic heterocycles. The van der Waals surface area contributed by atoms with Gasteiger partial charge in [0.1, 0.15) is 5.75 Å². The van der Waals surface area contributed by atoms with Crippen molar-refractivity contribution >= 4 is 11.6 Å². The molecule has 1 saturated heterocycles. The Balaban J connectivity index is 2.31. The highest BCUT2D eigenvalue weighted by Gasteiger charge is 2.30. The molecule has 1 aromatic rings. The van der Waals surface area contributed by atoms with Gasteiger partial charge in [0.15, 0.2) is 5.82 Å². The van der Waals surface area contributed by atoms with E-state index in [1.807, 2.05) is 0 Å². The van der Waals surface area contributed by atoms with Crippen LogP contribution >= 0.6 is 0 Å². The number of amides is 1. The summed E-state index contributed by atoms with van der Waals surface area (Å²) in [5, 5.41) is 9.08. The normalized spacial score (nSPS) is 20.2. The van der Waals surface area contributed by atoms with Gasteiger partial charge in [-0.1, -0.05) is 6.08 Å². The molecule has 1 unspecified atom stereocenters. The lowest BCUT2D eigenvalue weighted by atomic mass is 10.1. The maximum Gasteiger partial charge on any atom is 0.227 e. The van der Waals surface area contributed by atoms with E-state index < -0.39 is 5.82 Å². The molecule has 1 fully saturated rings. The molecule has 4 heteroatoms. The number of carbonyl (C=O) groups excluding carboxylic acids is 1. The standard InChI is InChI=1S/C12H12FNO2/c1-2-8-5-12(16)14(7-8)11-4-3-9(15)6-10(11)13/h2-4,6,8,15H,1,5,7H2. The number of phenols is 1. The molecule has 1 aliphatic heterocycles. The Labute approximate surface area is 92.8 Å². The first-order valence-electron chi connectivity index (χ1n) is 5.03. The average Bonchev–Trinajstić information content (AvgIpc) is 2.60. The number of halogens is 1. The van der Waals surface area contributed by atoms with Crippen LogP contribution in [0.5, 0.6) is 5.75 Å². The molecule has 2 rings (SSSR count). The van der Waals surface area contributed by atoms with Crippen molar-refractivity contribution in [2.24, 2.45) is 5.92 Å². The minimum atomic E-state index is -0.585. The highest BCUT2D eigenvalue weighted by atomic mass is 19.1. The number of rotatable bonds is 2. The Morgan fingerprint density at radius 3 is 2.88 bits per heavy atom. The SMILES string of the molecule is C=CC1CC(=O)N(c2ccc(O)cc2F)C1. The first-order chi connectivity index (χ1) is 7.61. The van der Waals surface area contributed by atoms with E-state index in [9.17, 15) is 9.18 Å². The average molecular weight is 221 g/mol. The Bertz CT molecular complexity index is 445. The number of hydrogen-bond acceptors (Lipinski definition) is 2. The van der Waals surface area contributed by atoms with Crippen molar-refractivity contribution in [2.75, 3.05) is 11.4 Å². The Morgan fingerprint density at radius 2 is 2.31 bits per heavy atom. The molecule has 16 heavy (non-hydrogen) atoms. The maximum atomic E-state index is 13.5. The smallest absolute Gasteiger partial charge is 0.227 e. The maximum absolute atomic E-state index is 13.5. The highest BCUT2D eigenvalue weighted by Crippen LogP contribution is 2.29. The lowest BCUT2D eigenvalue weighted by molar-refractivity contribution is -0.117. The predicted octanol–water partition coefficient (Wildman–Crippen LogP) is 2.07. The lowest BCUT2D eigenvalue weighted by Gasteiger charge is -2.16. The number of hydrogen-bond donors (Lipinski definition) is 1.